The molecule has 23 heavy (non-hydrogen) atoms. The summed E-state index contributed by atoms with van der Waals surface area (Å²) in [5.41, 5.74) is 0.569. The molecule has 6 atom stereocenters. The van der Waals surface area contributed by atoms with Crippen LogP contribution in [0.4, 0.5) is 0 Å². The lowest BCUT2D eigenvalue weighted by molar-refractivity contribution is -0.156. The minimum atomic E-state index is -0.759. The highest BCUT2D eigenvalue weighted by molar-refractivity contribution is 5.78. The number of hydrogen-bond acceptors (Lipinski definition) is 6. The molecule has 1 unspecified atom stereocenters. The molecule has 4 rings (SSSR count). The Kier molecular flexibility index (Phi) is 3.55. The summed E-state index contributed by atoms with van der Waals surface area (Å²) in [6.07, 6.45) is 2.02. The number of phenolic OH excluding ortho intramolecular Hbond substituents is 1. The van der Waals surface area contributed by atoms with Crippen LogP contribution in [0.15, 0.2) is 24.3 Å². The number of hydrogen-bond donors (Lipinski definition) is 2. The first-order valence-corrected chi connectivity index (χ1v) is 8.06. The SMILES string of the molecule is CN1[C@@H]2CC(OC(=O)[C@H](CO)c3cccc(O)c3)C[C@H]1[C@@H]1O[C@@H]12. The predicted molar refractivity (Wildman–Crippen MR) is 81.0 cm³/mol. The van der Waals surface area contributed by atoms with Crippen LogP contribution >= 0.6 is 0 Å². The molecule has 3 fully saturated rings. The molecule has 0 spiro atoms. The molecular weight excluding hydrogens is 298 g/mol. The number of phenols is 1. The Balaban J connectivity index is 1.43. The van der Waals surface area contributed by atoms with Crippen LogP contribution in [0.2, 0.25) is 0 Å². The van der Waals surface area contributed by atoms with Crippen LogP contribution in [0.1, 0.15) is 24.3 Å². The van der Waals surface area contributed by atoms with Gasteiger partial charge in [-0.25, -0.2) is 0 Å². The lowest BCUT2D eigenvalue weighted by Crippen LogP contribution is -2.48. The second-order valence-corrected chi connectivity index (χ2v) is 6.73. The summed E-state index contributed by atoms with van der Waals surface area (Å²) in [4.78, 5) is 14.8. The topological polar surface area (TPSA) is 82.5 Å². The van der Waals surface area contributed by atoms with E-state index in [-0.39, 0.29) is 18.5 Å². The third-order valence-corrected chi connectivity index (χ3v) is 5.40. The molecule has 3 heterocycles. The second kappa shape index (κ2) is 5.47. The number of aliphatic hydroxyl groups is 1. The molecule has 3 aliphatic rings. The summed E-state index contributed by atoms with van der Waals surface area (Å²) in [6, 6.07) is 7.04. The molecular formula is C17H21NO5. The van der Waals surface area contributed by atoms with Gasteiger partial charge in [-0.1, -0.05) is 12.1 Å². The molecule has 1 aromatic carbocycles. The van der Waals surface area contributed by atoms with Gasteiger partial charge in [0.05, 0.1) is 6.61 Å². The first-order valence-electron chi connectivity index (χ1n) is 8.06. The van der Waals surface area contributed by atoms with Crippen molar-refractivity contribution >= 4 is 5.97 Å². The molecule has 0 aromatic heterocycles. The molecule has 0 amide bonds. The minimum absolute atomic E-state index is 0.0725. The molecule has 1 aromatic rings. The van der Waals surface area contributed by atoms with E-state index in [1.54, 1.807) is 12.1 Å². The summed E-state index contributed by atoms with van der Waals surface area (Å²) in [5, 5.41) is 19.1. The van der Waals surface area contributed by atoms with Gasteiger partial charge in [0.25, 0.3) is 0 Å². The fourth-order valence-corrected chi connectivity index (χ4v) is 4.10. The van der Waals surface area contributed by atoms with E-state index in [0.29, 0.717) is 29.9 Å². The molecule has 0 aliphatic carbocycles. The Morgan fingerprint density at radius 2 is 2.09 bits per heavy atom. The van der Waals surface area contributed by atoms with Gasteiger partial charge < -0.3 is 19.7 Å². The van der Waals surface area contributed by atoms with Gasteiger partial charge in [0.2, 0.25) is 0 Å². The summed E-state index contributed by atoms with van der Waals surface area (Å²) in [7, 11) is 2.10. The third-order valence-electron chi connectivity index (χ3n) is 5.40. The van der Waals surface area contributed by atoms with Crippen molar-refractivity contribution in [2.75, 3.05) is 13.7 Å². The largest absolute Gasteiger partial charge is 0.508 e. The zero-order valence-electron chi connectivity index (χ0n) is 13.0. The number of epoxide rings is 1. The maximum absolute atomic E-state index is 12.5. The van der Waals surface area contributed by atoms with E-state index in [1.807, 2.05) is 0 Å². The monoisotopic (exact) mass is 319 g/mol. The molecule has 3 saturated heterocycles. The molecule has 2 bridgehead atoms. The highest BCUT2D eigenvalue weighted by Crippen LogP contribution is 2.48. The van der Waals surface area contributed by atoms with Gasteiger partial charge >= 0.3 is 5.97 Å². The van der Waals surface area contributed by atoms with Crippen LogP contribution in [-0.2, 0) is 14.3 Å². The predicted octanol–water partition coefficient (Wildman–Crippen LogP) is 0.624. The molecule has 124 valence electrons. The van der Waals surface area contributed by atoms with Gasteiger partial charge in [-0.3, -0.25) is 9.69 Å². The standard InChI is InChI=1S/C17H21NO5/c1-18-13-6-11(7-14(18)16-15(13)23-16)22-17(21)12(8-19)9-3-2-4-10(20)5-9/h2-5,11-16,19-20H,6-8H2,1H3/t11?,12-,13-,14+,15-,16+/m1/s1. The summed E-state index contributed by atoms with van der Waals surface area (Å²) >= 11 is 0. The first kappa shape index (κ1) is 14.9. The molecule has 0 radical (unpaired) electrons. The Bertz CT molecular complexity index is 603. The van der Waals surface area contributed by atoms with Crippen LogP contribution in [0.25, 0.3) is 0 Å². The molecule has 3 aliphatic heterocycles. The van der Waals surface area contributed by atoms with Crippen LogP contribution in [-0.4, -0.2) is 65.1 Å². The summed E-state index contributed by atoms with van der Waals surface area (Å²) in [6.45, 7) is -0.337. The Morgan fingerprint density at radius 3 is 2.70 bits per heavy atom. The van der Waals surface area contributed by atoms with Gasteiger partial charge in [0, 0.05) is 24.9 Å². The fraction of sp³-hybridized carbons (Fsp3) is 0.588. The van der Waals surface area contributed by atoms with Crippen molar-refractivity contribution in [3.05, 3.63) is 29.8 Å². The van der Waals surface area contributed by atoms with Crippen molar-refractivity contribution in [2.24, 2.45) is 0 Å². The number of carbonyl (C=O) groups is 1. The van der Waals surface area contributed by atoms with Crippen LogP contribution in [0.3, 0.4) is 0 Å². The van der Waals surface area contributed by atoms with Crippen LogP contribution in [0.5, 0.6) is 5.75 Å². The van der Waals surface area contributed by atoms with E-state index in [4.69, 9.17) is 9.47 Å². The molecule has 6 heteroatoms. The van der Waals surface area contributed by atoms with Gasteiger partial charge in [-0.15, -0.1) is 0 Å². The summed E-state index contributed by atoms with van der Waals surface area (Å²) < 4.78 is 11.3. The number of aromatic hydroxyl groups is 1. The van der Waals surface area contributed by atoms with Crippen molar-refractivity contribution in [3.63, 3.8) is 0 Å². The number of piperidine rings is 1. The number of aliphatic hydroxyl groups excluding tert-OH is 1. The van der Waals surface area contributed by atoms with Crippen LogP contribution < -0.4 is 0 Å². The zero-order chi connectivity index (χ0) is 16.1. The van der Waals surface area contributed by atoms with E-state index in [1.165, 1.54) is 12.1 Å². The Hall–Kier alpha value is -1.63. The van der Waals surface area contributed by atoms with Crippen molar-refractivity contribution in [1.29, 1.82) is 0 Å². The van der Waals surface area contributed by atoms with Crippen LogP contribution in [0, 0.1) is 0 Å². The van der Waals surface area contributed by atoms with E-state index in [0.717, 1.165) is 12.8 Å². The maximum atomic E-state index is 12.5. The first-order chi connectivity index (χ1) is 11.1. The smallest absolute Gasteiger partial charge is 0.316 e. The van der Waals surface area contributed by atoms with Gasteiger partial charge in [-0.2, -0.15) is 0 Å². The maximum Gasteiger partial charge on any atom is 0.316 e. The second-order valence-electron chi connectivity index (χ2n) is 6.73. The highest BCUT2D eigenvalue weighted by Gasteiger charge is 2.62. The van der Waals surface area contributed by atoms with E-state index in [9.17, 15) is 15.0 Å². The zero-order valence-corrected chi connectivity index (χ0v) is 13.0. The number of likely N-dealkylation sites (N-methyl/N-ethyl adjacent to an activating group) is 1. The van der Waals surface area contributed by atoms with Gasteiger partial charge in [0.15, 0.2) is 0 Å². The lowest BCUT2D eigenvalue weighted by Gasteiger charge is -2.38. The van der Waals surface area contributed by atoms with E-state index < -0.39 is 11.9 Å². The molecule has 0 saturated carbocycles. The lowest BCUT2D eigenvalue weighted by atomic mass is 9.97. The number of carbonyl (C=O) groups excluding carboxylic acids is 1. The molecule has 2 N–H and O–H groups in total. The third kappa shape index (κ3) is 2.51. The number of ether oxygens (including phenoxy) is 2. The van der Waals surface area contributed by atoms with Gasteiger partial charge in [0.1, 0.15) is 30.0 Å². The van der Waals surface area contributed by atoms with E-state index in [2.05, 4.69) is 11.9 Å². The van der Waals surface area contributed by atoms with Crippen molar-refractivity contribution in [2.45, 2.75) is 49.2 Å². The average molecular weight is 319 g/mol. The van der Waals surface area contributed by atoms with Crippen molar-refractivity contribution in [1.82, 2.24) is 4.90 Å². The van der Waals surface area contributed by atoms with Gasteiger partial charge in [-0.05, 0) is 24.7 Å². The average Bonchev–Trinajstić information content (AvgIpc) is 3.26. The number of esters is 1. The number of nitrogens with zero attached hydrogens (tertiary/aromatic N) is 1. The quantitative estimate of drug-likeness (QED) is 0.625. The number of morpholine rings is 1. The Labute approximate surface area is 134 Å². The minimum Gasteiger partial charge on any atom is -0.508 e. The number of rotatable bonds is 4. The normalized spacial score (nSPS) is 36.3. The number of benzene rings is 1. The number of fused-ring (bicyclic) bond motifs is 5. The van der Waals surface area contributed by atoms with Crippen molar-refractivity contribution < 1.29 is 24.5 Å². The Morgan fingerprint density at radius 1 is 1.39 bits per heavy atom. The molecule has 6 nitrogen and oxygen atoms in total. The van der Waals surface area contributed by atoms with E-state index >= 15 is 0 Å². The fourth-order valence-electron chi connectivity index (χ4n) is 4.10. The summed E-state index contributed by atoms with van der Waals surface area (Å²) in [5.74, 6) is -1.12. The highest BCUT2D eigenvalue weighted by atomic mass is 16.6. The van der Waals surface area contributed by atoms with Crippen molar-refractivity contribution in [3.8, 4) is 5.75 Å².